The summed E-state index contributed by atoms with van der Waals surface area (Å²) in [4.78, 5) is 33.5. The van der Waals surface area contributed by atoms with E-state index < -0.39 is 0 Å². The molecule has 3 rings (SSSR count). The Hall–Kier alpha value is -2.97. The van der Waals surface area contributed by atoms with Crippen LogP contribution in [0.25, 0.3) is 0 Å². The number of aromatic nitrogens is 1. The van der Waals surface area contributed by atoms with Crippen LogP contribution >= 0.6 is 0 Å². The second kappa shape index (κ2) is 11.9. The van der Waals surface area contributed by atoms with Crippen molar-refractivity contribution in [3.05, 3.63) is 53.9 Å². The quantitative estimate of drug-likeness (QED) is 0.724. The number of hydrogen-bond acceptors (Lipinski definition) is 6. The molecule has 0 unspecified atom stereocenters. The standard InChI is InChI=1S/C26H36N4O4/c1-6-25(31)28-21-9-10-23-22(12-21)26(32)29(4)16-24(33-5)18(2)14-30(19(3)17-34-23)15-20-8-7-11-27-13-20/h7-13,18-19,24H,6,14-17H2,1-5H3,(H,28,31)/t18-,19+,24-/m0/s1. The summed E-state index contributed by atoms with van der Waals surface area (Å²) < 4.78 is 12.0. The fourth-order valence-corrected chi connectivity index (χ4v) is 4.13. The lowest BCUT2D eigenvalue weighted by Gasteiger charge is -2.36. The zero-order chi connectivity index (χ0) is 24.7. The van der Waals surface area contributed by atoms with Crippen LogP contribution in [0.4, 0.5) is 5.69 Å². The van der Waals surface area contributed by atoms with Crippen molar-refractivity contribution < 1.29 is 19.1 Å². The number of benzene rings is 1. The largest absolute Gasteiger partial charge is 0.491 e. The van der Waals surface area contributed by atoms with Gasteiger partial charge in [-0.3, -0.25) is 19.5 Å². The minimum atomic E-state index is -0.169. The van der Waals surface area contributed by atoms with Gasteiger partial charge in [0.2, 0.25) is 5.91 Å². The van der Waals surface area contributed by atoms with E-state index in [9.17, 15) is 9.59 Å². The van der Waals surface area contributed by atoms with Crippen LogP contribution < -0.4 is 10.1 Å². The lowest BCUT2D eigenvalue weighted by atomic mass is 10.0. The summed E-state index contributed by atoms with van der Waals surface area (Å²) >= 11 is 0. The number of carbonyl (C=O) groups is 2. The zero-order valence-electron chi connectivity index (χ0n) is 20.8. The Bertz CT molecular complexity index is 969. The zero-order valence-corrected chi connectivity index (χ0v) is 20.8. The molecule has 0 aliphatic carbocycles. The van der Waals surface area contributed by atoms with Gasteiger partial charge in [0.1, 0.15) is 12.4 Å². The maximum atomic E-state index is 13.4. The van der Waals surface area contributed by atoms with Crippen molar-refractivity contribution in [2.24, 2.45) is 5.92 Å². The average Bonchev–Trinajstić information content (AvgIpc) is 2.85. The molecule has 0 spiro atoms. The van der Waals surface area contributed by atoms with Crippen molar-refractivity contribution in [1.82, 2.24) is 14.8 Å². The van der Waals surface area contributed by atoms with E-state index in [1.165, 1.54) is 0 Å². The van der Waals surface area contributed by atoms with E-state index in [1.54, 1.807) is 50.4 Å². The molecule has 0 saturated heterocycles. The van der Waals surface area contributed by atoms with Gasteiger partial charge in [0, 0.05) is 64.3 Å². The predicted octanol–water partition coefficient (Wildman–Crippen LogP) is 3.44. The minimum absolute atomic E-state index is 0.0831. The molecule has 2 heterocycles. The molecule has 0 saturated carbocycles. The normalized spacial score (nSPS) is 22.2. The summed E-state index contributed by atoms with van der Waals surface area (Å²) in [5, 5.41) is 2.83. The molecule has 8 heteroatoms. The lowest BCUT2D eigenvalue weighted by Crippen LogP contribution is -2.46. The number of amides is 2. The second-order valence-corrected chi connectivity index (χ2v) is 9.00. The Labute approximate surface area is 202 Å². The number of nitrogens with zero attached hydrogens (tertiary/aromatic N) is 3. The molecule has 34 heavy (non-hydrogen) atoms. The number of hydrogen-bond donors (Lipinski definition) is 1. The van der Waals surface area contributed by atoms with Gasteiger partial charge >= 0.3 is 0 Å². The molecule has 1 aromatic heterocycles. The third-order valence-corrected chi connectivity index (χ3v) is 6.29. The predicted molar refractivity (Wildman–Crippen MR) is 132 cm³/mol. The summed E-state index contributed by atoms with van der Waals surface area (Å²) in [6.45, 7) is 8.44. The van der Waals surface area contributed by atoms with Crippen LogP contribution in [0.2, 0.25) is 0 Å². The minimum Gasteiger partial charge on any atom is -0.491 e. The molecule has 2 amide bonds. The number of likely N-dealkylation sites (N-methyl/N-ethyl adjacent to an activating group) is 1. The third kappa shape index (κ3) is 6.55. The third-order valence-electron chi connectivity index (χ3n) is 6.29. The molecule has 2 aromatic rings. The smallest absolute Gasteiger partial charge is 0.257 e. The Balaban J connectivity index is 1.93. The highest BCUT2D eigenvalue weighted by molar-refractivity contribution is 5.99. The molecule has 184 valence electrons. The van der Waals surface area contributed by atoms with Crippen LogP contribution in [0.5, 0.6) is 5.75 Å². The van der Waals surface area contributed by atoms with Crippen molar-refractivity contribution in [3.8, 4) is 5.75 Å². The first-order chi connectivity index (χ1) is 16.3. The van der Waals surface area contributed by atoms with Crippen LogP contribution in [0.15, 0.2) is 42.7 Å². The van der Waals surface area contributed by atoms with E-state index in [4.69, 9.17) is 9.47 Å². The van der Waals surface area contributed by atoms with E-state index in [1.807, 2.05) is 12.3 Å². The van der Waals surface area contributed by atoms with Crippen molar-refractivity contribution in [2.75, 3.05) is 39.2 Å². The highest BCUT2D eigenvalue weighted by Crippen LogP contribution is 2.27. The molecule has 1 aliphatic rings. The first-order valence-corrected chi connectivity index (χ1v) is 11.8. The van der Waals surface area contributed by atoms with E-state index >= 15 is 0 Å². The van der Waals surface area contributed by atoms with Crippen molar-refractivity contribution >= 4 is 17.5 Å². The van der Waals surface area contributed by atoms with Gasteiger partial charge in [-0.2, -0.15) is 0 Å². The number of carbonyl (C=O) groups excluding carboxylic acids is 2. The molecular formula is C26H36N4O4. The number of anilines is 1. The number of nitrogens with one attached hydrogen (secondary N) is 1. The van der Waals surface area contributed by atoms with Gasteiger partial charge in [-0.25, -0.2) is 0 Å². The highest BCUT2D eigenvalue weighted by atomic mass is 16.5. The number of fused-ring (bicyclic) bond motifs is 1. The molecule has 0 fully saturated rings. The number of rotatable bonds is 5. The molecule has 1 N–H and O–H groups in total. The van der Waals surface area contributed by atoms with Crippen LogP contribution in [-0.2, 0) is 16.1 Å². The highest BCUT2D eigenvalue weighted by Gasteiger charge is 2.28. The van der Waals surface area contributed by atoms with Crippen LogP contribution in [-0.4, -0.2) is 72.6 Å². The molecule has 1 aromatic carbocycles. The van der Waals surface area contributed by atoms with E-state index in [0.717, 1.165) is 18.7 Å². The van der Waals surface area contributed by atoms with Crippen molar-refractivity contribution in [2.45, 2.75) is 45.9 Å². The van der Waals surface area contributed by atoms with Crippen LogP contribution in [0.1, 0.15) is 43.1 Å². The summed E-state index contributed by atoms with van der Waals surface area (Å²) in [6.07, 6.45) is 3.89. The summed E-state index contributed by atoms with van der Waals surface area (Å²) in [5.74, 6) is 0.399. The SMILES string of the molecule is CCC(=O)Nc1ccc2c(c1)C(=O)N(C)C[C@H](OC)[C@@H](C)CN(Cc1cccnc1)[C@H](C)CO2. The van der Waals surface area contributed by atoms with Crippen molar-refractivity contribution in [1.29, 1.82) is 0 Å². The summed E-state index contributed by atoms with van der Waals surface area (Å²) in [5.41, 5.74) is 2.13. The molecule has 0 radical (unpaired) electrons. The molecule has 1 aliphatic heterocycles. The van der Waals surface area contributed by atoms with Gasteiger partial charge in [-0.15, -0.1) is 0 Å². The van der Waals surface area contributed by atoms with Crippen LogP contribution in [0, 0.1) is 5.92 Å². The van der Waals surface area contributed by atoms with E-state index in [0.29, 0.717) is 36.6 Å². The van der Waals surface area contributed by atoms with Gasteiger partial charge in [-0.05, 0) is 42.7 Å². The fourth-order valence-electron chi connectivity index (χ4n) is 4.13. The molecule has 0 bridgehead atoms. The van der Waals surface area contributed by atoms with Gasteiger partial charge in [0.05, 0.1) is 11.7 Å². The Morgan fingerprint density at radius 2 is 2.06 bits per heavy atom. The van der Waals surface area contributed by atoms with E-state index in [-0.39, 0.29) is 29.9 Å². The maximum Gasteiger partial charge on any atom is 0.257 e. The monoisotopic (exact) mass is 468 g/mol. The maximum absolute atomic E-state index is 13.4. The lowest BCUT2D eigenvalue weighted by molar-refractivity contribution is -0.115. The van der Waals surface area contributed by atoms with Crippen LogP contribution in [0.3, 0.4) is 0 Å². The summed E-state index contributed by atoms with van der Waals surface area (Å²) in [7, 11) is 3.46. The Morgan fingerprint density at radius 3 is 2.74 bits per heavy atom. The molecule has 3 atom stereocenters. The number of methoxy groups -OCH3 is 1. The van der Waals surface area contributed by atoms with Gasteiger partial charge in [0.25, 0.3) is 5.91 Å². The topological polar surface area (TPSA) is 84.0 Å². The molecule has 8 nitrogen and oxygen atoms in total. The molecular weight excluding hydrogens is 432 g/mol. The number of pyridine rings is 1. The first kappa shape index (κ1) is 25.6. The Morgan fingerprint density at radius 1 is 1.26 bits per heavy atom. The van der Waals surface area contributed by atoms with Gasteiger partial charge in [-0.1, -0.05) is 19.9 Å². The van der Waals surface area contributed by atoms with Gasteiger partial charge < -0.3 is 19.7 Å². The van der Waals surface area contributed by atoms with Gasteiger partial charge in [0.15, 0.2) is 0 Å². The van der Waals surface area contributed by atoms with Crippen molar-refractivity contribution in [3.63, 3.8) is 0 Å². The second-order valence-electron chi connectivity index (χ2n) is 9.00. The first-order valence-electron chi connectivity index (χ1n) is 11.8. The van der Waals surface area contributed by atoms with E-state index in [2.05, 4.69) is 35.1 Å². The summed E-state index contributed by atoms with van der Waals surface area (Å²) in [6, 6.07) is 9.32. The Kier molecular flexibility index (Phi) is 9.01. The average molecular weight is 469 g/mol. The number of ether oxygens (including phenoxy) is 2. The fraction of sp³-hybridized carbons (Fsp3) is 0.500.